The molecular formula is C17H21FN2O4. The van der Waals surface area contributed by atoms with E-state index in [1.807, 2.05) is 0 Å². The first-order chi connectivity index (χ1) is 11.4. The van der Waals surface area contributed by atoms with Gasteiger partial charge < -0.3 is 20.1 Å². The molecule has 1 amide bonds. The topological polar surface area (TPSA) is 78.9 Å². The summed E-state index contributed by atoms with van der Waals surface area (Å²) in [5.41, 5.74) is -0.582. The number of Topliss-reactive ketones (excluding diaryl/α,β-unsaturated/α-hetero) is 1. The summed E-state index contributed by atoms with van der Waals surface area (Å²) in [6, 6.07) is 7.91. The molecule has 1 aromatic carbocycles. The number of carbonyl (C=O) groups is 2. The summed E-state index contributed by atoms with van der Waals surface area (Å²) in [5.74, 6) is -3.03. The van der Waals surface area contributed by atoms with E-state index in [1.165, 1.54) is 4.90 Å². The summed E-state index contributed by atoms with van der Waals surface area (Å²) in [5, 5.41) is 12.2. The summed E-state index contributed by atoms with van der Waals surface area (Å²) in [6.07, 6.45) is -0.291. The van der Waals surface area contributed by atoms with Crippen molar-refractivity contribution < 1.29 is 23.8 Å². The van der Waals surface area contributed by atoms with E-state index in [4.69, 9.17) is 9.84 Å². The average Bonchev–Trinajstić information content (AvgIpc) is 2.94. The lowest BCUT2D eigenvalue weighted by molar-refractivity contribution is -0.171. The van der Waals surface area contributed by atoms with Gasteiger partial charge in [-0.05, 0) is 19.9 Å². The number of nitrogens with zero attached hydrogens (tertiary/aromatic N) is 1. The highest BCUT2D eigenvalue weighted by Crippen LogP contribution is 2.46. The number of rotatable bonds is 3. The third-order valence-electron chi connectivity index (χ3n) is 5.07. The van der Waals surface area contributed by atoms with E-state index in [1.54, 1.807) is 37.4 Å². The molecule has 2 heterocycles. The van der Waals surface area contributed by atoms with Gasteiger partial charge in [0.2, 0.25) is 5.78 Å². The van der Waals surface area contributed by atoms with E-state index in [9.17, 15) is 9.59 Å². The Morgan fingerprint density at radius 1 is 1.29 bits per heavy atom. The monoisotopic (exact) mass is 336 g/mol. The van der Waals surface area contributed by atoms with E-state index in [0.29, 0.717) is 12.8 Å². The van der Waals surface area contributed by atoms with Gasteiger partial charge in [0.25, 0.3) is 5.85 Å². The molecule has 6 nitrogen and oxygen atoms in total. The normalized spacial score (nSPS) is 32.9. The molecule has 2 aliphatic heterocycles. The van der Waals surface area contributed by atoms with Crippen LogP contribution in [-0.4, -0.2) is 59.5 Å². The Morgan fingerprint density at radius 2 is 2.00 bits per heavy atom. The molecule has 7 heteroatoms. The summed E-state index contributed by atoms with van der Waals surface area (Å²) >= 11 is 0. The maximum Gasteiger partial charge on any atom is 0.407 e. The van der Waals surface area contributed by atoms with Crippen LogP contribution >= 0.6 is 0 Å². The number of benzene rings is 1. The molecule has 1 aromatic rings. The van der Waals surface area contributed by atoms with E-state index in [0.717, 1.165) is 0 Å². The van der Waals surface area contributed by atoms with Crippen LogP contribution in [0.5, 0.6) is 0 Å². The summed E-state index contributed by atoms with van der Waals surface area (Å²) in [4.78, 5) is 25.0. The molecule has 3 rings (SSSR count). The molecule has 0 bridgehead atoms. The number of ether oxygens (including phenoxy) is 1. The number of nitrogens with one attached hydrogen (secondary N) is 1. The molecule has 2 aliphatic rings. The van der Waals surface area contributed by atoms with Gasteiger partial charge in [0, 0.05) is 25.1 Å². The highest BCUT2D eigenvalue weighted by molar-refractivity contribution is 6.01. The summed E-state index contributed by atoms with van der Waals surface area (Å²) in [6.45, 7) is 0.477. The zero-order valence-corrected chi connectivity index (χ0v) is 13.5. The molecule has 0 saturated carbocycles. The number of hydrogen-bond donors (Lipinski definition) is 2. The number of amides is 1. The number of alkyl halides is 1. The van der Waals surface area contributed by atoms with Gasteiger partial charge in [-0.2, -0.15) is 0 Å². The van der Waals surface area contributed by atoms with Gasteiger partial charge >= 0.3 is 6.09 Å². The largest absolute Gasteiger partial charge is 0.465 e. The molecule has 3 unspecified atom stereocenters. The zero-order valence-electron chi connectivity index (χ0n) is 13.5. The Bertz CT molecular complexity index is 641. The van der Waals surface area contributed by atoms with Crippen LogP contribution in [0.15, 0.2) is 30.3 Å². The number of piperidine rings is 1. The van der Waals surface area contributed by atoms with Crippen molar-refractivity contribution in [3.63, 3.8) is 0 Å². The minimum absolute atomic E-state index is 0.0218. The minimum atomic E-state index is -2.36. The Labute approximate surface area is 139 Å². The lowest BCUT2D eigenvalue weighted by atomic mass is 9.84. The fraction of sp³-hybridized carbons (Fsp3) is 0.529. The number of halogens is 1. The van der Waals surface area contributed by atoms with Crippen LogP contribution in [0, 0.1) is 0 Å². The van der Waals surface area contributed by atoms with Gasteiger partial charge in [0.1, 0.15) is 0 Å². The van der Waals surface area contributed by atoms with E-state index < -0.39 is 23.3 Å². The third-order valence-corrected chi connectivity index (χ3v) is 5.07. The number of carboxylic acid groups (broad SMARTS) is 1. The van der Waals surface area contributed by atoms with Crippen molar-refractivity contribution in [2.24, 2.45) is 0 Å². The number of likely N-dealkylation sites (N-methyl/N-ethyl adjacent to an activating group) is 1. The fourth-order valence-corrected chi connectivity index (χ4v) is 3.69. The van der Waals surface area contributed by atoms with Crippen LogP contribution in [-0.2, 0) is 4.74 Å². The second-order valence-electron chi connectivity index (χ2n) is 6.41. The zero-order chi connectivity index (χ0) is 17.4. The Hall–Kier alpha value is -1.99. The van der Waals surface area contributed by atoms with Crippen molar-refractivity contribution >= 4 is 11.9 Å². The van der Waals surface area contributed by atoms with Crippen molar-refractivity contribution in [1.29, 1.82) is 0 Å². The molecule has 0 radical (unpaired) electrons. The summed E-state index contributed by atoms with van der Waals surface area (Å²) < 4.78 is 21.0. The predicted molar refractivity (Wildman–Crippen MR) is 84.7 cm³/mol. The van der Waals surface area contributed by atoms with Crippen molar-refractivity contribution in [3.05, 3.63) is 35.9 Å². The Kier molecular flexibility index (Phi) is 4.31. The van der Waals surface area contributed by atoms with Crippen LogP contribution < -0.4 is 5.32 Å². The maximum atomic E-state index is 15.3. The first kappa shape index (κ1) is 16.9. The highest BCUT2D eigenvalue weighted by Gasteiger charge is 2.58. The van der Waals surface area contributed by atoms with Gasteiger partial charge in [-0.25, -0.2) is 9.18 Å². The lowest BCUT2D eigenvalue weighted by Crippen LogP contribution is -2.62. The number of likely N-dealkylation sites (tertiary alicyclic amines) is 1. The van der Waals surface area contributed by atoms with Crippen molar-refractivity contribution in [2.75, 3.05) is 20.1 Å². The molecule has 0 aromatic heterocycles. The maximum absolute atomic E-state index is 15.3. The third kappa shape index (κ3) is 2.78. The minimum Gasteiger partial charge on any atom is -0.465 e. The highest BCUT2D eigenvalue weighted by atomic mass is 19.2. The molecule has 1 spiro atoms. The van der Waals surface area contributed by atoms with E-state index in [-0.39, 0.29) is 31.1 Å². The van der Waals surface area contributed by atoms with E-state index in [2.05, 4.69) is 5.32 Å². The number of hydrogen-bond acceptors (Lipinski definition) is 4. The average molecular weight is 336 g/mol. The van der Waals surface area contributed by atoms with Crippen molar-refractivity contribution in [1.82, 2.24) is 10.2 Å². The summed E-state index contributed by atoms with van der Waals surface area (Å²) in [7, 11) is 1.69. The van der Waals surface area contributed by atoms with Crippen molar-refractivity contribution in [3.8, 4) is 0 Å². The van der Waals surface area contributed by atoms with Crippen molar-refractivity contribution in [2.45, 2.75) is 36.8 Å². The Morgan fingerprint density at radius 3 is 2.62 bits per heavy atom. The van der Waals surface area contributed by atoms with Crippen LogP contribution in [0.2, 0.25) is 0 Å². The molecule has 3 atom stereocenters. The van der Waals surface area contributed by atoms with Gasteiger partial charge in [-0.1, -0.05) is 30.3 Å². The molecule has 2 saturated heterocycles. The molecule has 2 N–H and O–H groups in total. The van der Waals surface area contributed by atoms with Crippen LogP contribution in [0.25, 0.3) is 0 Å². The van der Waals surface area contributed by atoms with Gasteiger partial charge in [0.05, 0.1) is 11.6 Å². The van der Waals surface area contributed by atoms with Gasteiger partial charge in [-0.15, -0.1) is 0 Å². The smallest absolute Gasteiger partial charge is 0.407 e. The molecule has 24 heavy (non-hydrogen) atoms. The Balaban J connectivity index is 1.80. The quantitative estimate of drug-likeness (QED) is 0.826. The number of carbonyl (C=O) groups excluding carboxylic acids is 1. The predicted octanol–water partition coefficient (Wildman–Crippen LogP) is 2.06. The fourth-order valence-electron chi connectivity index (χ4n) is 3.69. The molecule has 130 valence electrons. The molecule has 2 fully saturated rings. The first-order valence-electron chi connectivity index (χ1n) is 8.04. The lowest BCUT2D eigenvalue weighted by Gasteiger charge is -2.44. The first-order valence-corrected chi connectivity index (χ1v) is 8.04. The second-order valence-corrected chi connectivity index (χ2v) is 6.41. The standard InChI is InChI=1S/C17H21FN2O4/c1-19-13-11-20(15(22)23)10-9-16(13)7-8-17(18,24-16)14(21)12-5-3-2-4-6-12/h2-6,13,19H,7-11H2,1H3,(H,22,23). The van der Waals surface area contributed by atoms with E-state index >= 15 is 4.39 Å². The second kappa shape index (κ2) is 6.14. The van der Waals surface area contributed by atoms with Crippen LogP contribution in [0.3, 0.4) is 0 Å². The van der Waals surface area contributed by atoms with Crippen LogP contribution in [0.1, 0.15) is 29.6 Å². The van der Waals surface area contributed by atoms with Gasteiger partial charge in [0.15, 0.2) is 0 Å². The number of ketones is 1. The molecule has 0 aliphatic carbocycles. The molecular weight excluding hydrogens is 315 g/mol. The van der Waals surface area contributed by atoms with Crippen LogP contribution in [0.4, 0.5) is 9.18 Å². The SMILES string of the molecule is CNC1CN(C(=O)O)CCC12CCC(F)(C(=O)c1ccccc1)O2. The van der Waals surface area contributed by atoms with Gasteiger partial charge in [-0.3, -0.25) is 4.79 Å².